The number of hydrogen-bond donors (Lipinski definition) is 0. The molecule has 0 N–H and O–H groups in total. The van der Waals surface area contributed by atoms with Gasteiger partial charge in [0.2, 0.25) is 0 Å². The summed E-state index contributed by atoms with van der Waals surface area (Å²) < 4.78 is 13.7. The van der Waals surface area contributed by atoms with Crippen molar-refractivity contribution in [1.29, 1.82) is 0 Å². The summed E-state index contributed by atoms with van der Waals surface area (Å²) in [5.74, 6) is 0. The van der Waals surface area contributed by atoms with Gasteiger partial charge in [0.25, 0.3) is 0 Å². The predicted octanol–water partition coefficient (Wildman–Crippen LogP) is 2.71. The molecule has 66 valence electrons. The molecule has 0 atom stereocenters. The van der Waals surface area contributed by atoms with Crippen LogP contribution in [0.15, 0.2) is 42.0 Å². The van der Waals surface area contributed by atoms with Gasteiger partial charge in [-0.2, -0.15) is 0 Å². The molecular weight excluding hydrogens is 153 g/mol. The average molecular weight is 167 g/mol. The summed E-state index contributed by atoms with van der Waals surface area (Å²) in [6.45, 7) is 8.56. The van der Waals surface area contributed by atoms with E-state index in [0.717, 1.165) is 0 Å². The van der Waals surface area contributed by atoms with Crippen molar-refractivity contribution >= 4 is 6.21 Å². The van der Waals surface area contributed by atoms with E-state index in [4.69, 9.17) is 0 Å². The molecule has 0 radical (unpaired) electrons. The third-order valence-corrected chi connectivity index (χ3v) is 1.62. The quantitative estimate of drug-likeness (QED) is 0.451. The van der Waals surface area contributed by atoms with Crippen LogP contribution in [0.5, 0.6) is 0 Å². The Labute approximate surface area is 73.0 Å². The summed E-state index contributed by atoms with van der Waals surface area (Å²) in [6, 6.07) is 0. The fraction of sp³-hybridized carbons (Fsp3) is 0.300. The molecule has 0 aliphatic heterocycles. The minimum absolute atomic E-state index is 0.454. The fourth-order valence-corrected chi connectivity index (χ4v) is 0.853. The van der Waals surface area contributed by atoms with Crippen LogP contribution in [0.2, 0.25) is 0 Å². The van der Waals surface area contributed by atoms with E-state index in [0.29, 0.717) is 5.57 Å². The van der Waals surface area contributed by atoms with Gasteiger partial charge in [0.05, 0.1) is 0 Å². The van der Waals surface area contributed by atoms with Gasteiger partial charge in [0.15, 0.2) is 5.67 Å². The Morgan fingerprint density at radius 1 is 1.42 bits per heavy atom. The molecule has 0 saturated carbocycles. The average Bonchev–Trinajstić information content (AvgIpc) is 2.13. The van der Waals surface area contributed by atoms with E-state index >= 15 is 0 Å². The molecule has 0 heterocycles. The van der Waals surface area contributed by atoms with Crippen molar-refractivity contribution in [3.63, 3.8) is 0 Å². The van der Waals surface area contributed by atoms with E-state index in [2.05, 4.69) is 18.2 Å². The molecule has 0 fully saturated rings. The molecule has 12 heavy (non-hydrogen) atoms. The second-order valence-corrected chi connectivity index (χ2v) is 2.31. The zero-order valence-electron chi connectivity index (χ0n) is 7.55. The Balaban J connectivity index is 4.93. The second-order valence-electron chi connectivity index (χ2n) is 2.31. The number of aliphatic imine (C=N–C) groups is 1. The summed E-state index contributed by atoms with van der Waals surface area (Å²) in [7, 11) is 1.59. The van der Waals surface area contributed by atoms with Crippen LogP contribution in [-0.2, 0) is 0 Å². The summed E-state index contributed by atoms with van der Waals surface area (Å²) in [5.41, 5.74) is -1.20. The Kier molecular flexibility index (Phi) is 4.19. The van der Waals surface area contributed by atoms with Crippen molar-refractivity contribution in [3.05, 3.63) is 37.0 Å². The zero-order valence-corrected chi connectivity index (χ0v) is 7.55. The Bertz CT molecular complexity index is 218. The van der Waals surface area contributed by atoms with Crippen LogP contribution < -0.4 is 0 Å². The first-order valence-electron chi connectivity index (χ1n) is 3.69. The maximum Gasteiger partial charge on any atom is 0.173 e. The molecule has 0 aliphatic rings. The smallest absolute Gasteiger partial charge is 0.173 e. The number of alkyl halides is 1. The summed E-state index contributed by atoms with van der Waals surface area (Å²) in [4.78, 5) is 3.74. The van der Waals surface area contributed by atoms with Crippen molar-refractivity contribution in [2.24, 2.45) is 4.99 Å². The normalized spacial score (nSPS) is 13.4. The predicted molar refractivity (Wildman–Crippen MR) is 52.4 cm³/mol. The Morgan fingerprint density at radius 2 is 1.92 bits per heavy atom. The van der Waals surface area contributed by atoms with Gasteiger partial charge in [0.1, 0.15) is 0 Å². The van der Waals surface area contributed by atoms with Gasteiger partial charge < -0.3 is 0 Å². The second kappa shape index (κ2) is 4.65. The van der Waals surface area contributed by atoms with Crippen molar-refractivity contribution in [1.82, 2.24) is 0 Å². The monoisotopic (exact) mass is 167 g/mol. The fourth-order valence-electron chi connectivity index (χ4n) is 0.853. The van der Waals surface area contributed by atoms with Gasteiger partial charge in [-0.1, -0.05) is 19.2 Å². The molecule has 0 spiro atoms. The molecule has 0 bridgehead atoms. The van der Waals surface area contributed by atoms with Gasteiger partial charge in [0, 0.05) is 18.8 Å². The van der Waals surface area contributed by atoms with Crippen molar-refractivity contribution in [3.8, 4) is 0 Å². The molecule has 0 saturated heterocycles. The van der Waals surface area contributed by atoms with E-state index in [1.165, 1.54) is 18.4 Å². The van der Waals surface area contributed by atoms with Crippen molar-refractivity contribution < 1.29 is 4.39 Å². The molecule has 0 aromatic rings. The minimum atomic E-state index is -1.66. The third-order valence-electron chi connectivity index (χ3n) is 1.62. The number of allylic oxidation sites excluding steroid dienone is 4. The molecule has 0 amide bonds. The maximum absolute atomic E-state index is 13.7. The lowest BCUT2D eigenvalue weighted by Crippen LogP contribution is -2.19. The van der Waals surface area contributed by atoms with Crippen LogP contribution in [0.25, 0.3) is 0 Å². The first kappa shape index (κ1) is 10.8. The summed E-state index contributed by atoms with van der Waals surface area (Å²) in [6.07, 6.45) is 5.52. The molecule has 0 rings (SSSR count). The van der Waals surface area contributed by atoms with Crippen LogP contribution in [0.4, 0.5) is 4.39 Å². The van der Waals surface area contributed by atoms with Gasteiger partial charge in [-0.25, -0.2) is 4.39 Å². The maximum atomic E-state index is 13.7. The van der Waals surface area contributed by atoms with E-state index in [9.17, 15) is 4.39 Å². The van der Waals surface area contributed by atoms with Gasteiger partial charge in [-0.15, -0.1) is 0 Å². The molecule has 0 unspecified atom stereocenters. The standard InChI is InChI=1S/C10H14FN/c1-5-9(8-12-4)10(11,6-2)7-3/h5-8H,2-3H2,1,4H3/b9-5+,12-8-. The topological polar surface area (TPSA) is 12.4 Å². The van der Waals surface area contributed by atoms with Crippen LogP contribution in [0.1, 0.15) is 6.92 Å². The van der Waals surface area contributed by atoms with E-state index in [1.54, 1.807) is 20.0 Å². The summed E-state index contributed by atoms with van der Waals surface area (Å²) >= 11 is 0. The first-order chi connectivity index (χ1) is 5.64. The number of hydrogen-bond acceptors (Lipinski definition) is 1. The van der Waals surface area contributed by atoms with Crippen LogP contribution in [-0.4, -0.2) is 18.9 Å². The van der Waals surface area contributed by atoms with Gasteiger partial charge in [-0.05, 0) is 19.1 Å². The molecule has 0 aliphatic carbocycles. The summed E-state index contributed by atoms with van der Waals surface area (Å²) in [5, 5.41) is 0. The zero-order chi connectivity index (χ0) is 9.61. The van der Waals surface area contributed by atoms with Crippen LogP contribution >= 0.6 is 0 Å². The highest BCUT2D eigenvalue weighted by molar-refractivity contribution is 5.82. The van der Waals surface area contributed by atoms with Crippen LogP contribution in [0.3, 0.4) is 0 Å². The van der Waals surface area contributed by atoms with Gasteiger partial charge >= 0.3 is 0 Å². The number of nitrogens with zero attached hydrogens (tertiary/aromatic N) is 1. The van der Waals surface area contributed by atoms with E-state index < -0.39 is 5.67 Å². The first-order valence-corrected chi connectivity index (χ1v) is 3.69. The number of halogens is 1. The largest absolute Gasteiger partial charge is 0.296 e. The Morgan fingerprint density at radius 3 is 2.17 bits per heavy atom. The molecule has 0 aromatic carbocycles. The molecule has 0 aromatic heterocycles. The molecule has 1 nitrogen and oxygen atoms in total. The lowest BCUT2D eigenvalue weighted by molar-refractivity contribution is 0.361. The van der Waals surface area contributed by atoms with Gasteiger partial charge in [-0.3, -0.25) is 4.99 Å². The lowest BCUT2D eigenvalue weighted by atomic mass is 9.96. The molecular formula is C10H14FN. The molecule has 2 heteroatoms. The highest BCUT2D eigenvalue weighted by atomic mass is 19.1. The van der Waals surface area contributed by atoms with E-state index in [1.807, 2.05) is 0 Å². The van der Waals surface area contributed by atoms with E-state index in [-0.39, 0.29) is 0 Å². The highest BCUT2D eigenvalue weighted by Gasteiger charge is 2.24. The van der Waals surface area contributed by atoms with Crippen LogP contribution in [0, 0.1) is 0 Å². The SMILES string of the molecule is C=CC(F)(C=C)C(/C=N\C)=C/C. The minimum Gasteiger partial charge on any atom is -0.296 e. The number of rotatable bonds is 4. The lowest BCUT2D eigenvalue weighted by Gasteiger charge is -2.16. The van der Waals surface area contributed by atoms with Crippen molar-refractivity contribution in [2.75, 3.05) is 7.05 Å². The Hall–Kier alpha value is -1.18. The highest BCUT2D eigenvalue weighted by Crippen LogP contribution is 2.23. The van der Waals surface area contributed by atoms with Crippen molar-refractivity contribution in [2.45, 2.75) is 12.6 Å². The third kappa shape index (κ3) is 2.16.